The third kappa shape index (κ3) is 4.45. The van der Waals surface area contributed by atoms with E-state index in [9.17, 15) is 14.4 Å². The molecule has 0 spiro atoms. The van der Waals surface area contributed by atoms with E-state index in [2.05, 4.69) is 5.43 Å². The van der Waals surface area contributed by atoms with Crippen molar-refractivity contribution in [2.24, 2.45) is 0 Å². The minimum absolute atomic E-state index is 0.345. The summed E-state index contributed by atoms with van der Waals surface area (Å²) in [7, 11) is 0. The normalized spacial score (nSPS) is 9.06. The molecule has 1 aromatic carbocycles. The molecule has 0 saturated heterocycles. The molecular formula is C12H11N3O3. The number of hydrogen-bond acceptors (Lipinski definition) is 4. The van der Waals surface area contributed by atoms with E-state index in [-0.39, 0.29) is 18.6 Å². The molecule has 0 unspecified atom stereocenters. The average Bonchev–Trinajstić information content (AvgIpc) is 2.38. The van der Waals surface area contributed by atoms with Gasteiger partial charge in [0.25, 0.3) is 5.91 Å². The molecule has 2 N–H and O–H groups in total. The molecule has 0 fully saturated rings. The van der Waals surface area contributed by atoms with Gasteiger partial charge < -0.3 is 0 Å². The number of nitriles is 1. The van der Waals surface area contributed by atoms with E-state index < -0.39 is 11.8 Å². The lowest BCUT2D eigenvalue weighted by molar-refractivity contribution is -0.127. The van der Waals surface area contributed by atoms with Crippen LogP contribution in [0, 0.1) is 11.3 Å². The highest BCUT2D eigenvalue weighted by Gasteiger charge is 2.11. The van der Waals surface area contributed by atoms with E-state index in [1.165, 1.54) is 0 Å². The first-order chi connectivity index (χ1) is 8.63. The van der Waals surface area contributed by atoms with Gasteiger partial charge in [-0.05, 0) is 0 Å². The summed E-state index contributed by atoms with van der Waals surface area (Å²) in [5.41, 5.74) is 4.51. The monoisotopic (exact) mass is 245 g/mol. The topological polar surface area (TPSA) is 99.1 Å². The molecule has 1 rings (SSSR count). The predicted octanol–water partition coefficient (Wildman–Crippen LogP) is 0.320. The van der Waals surface area contributed by atoms with Crippen LogP contribution in [0.3, 0.4) is 0 Å². The first kappa shape index (κ1) is 13.4. The summed E-state index contributed by atoms with van der Waals surface area (Å²) < 4.78 is 0. The van der Waals surface area contributed by atoms with Gasteiger partial charge in [0, 0.05) is 5.56 Å². The van der Waals surface area contributed by atoms with Crippen LogP contribution in [0.5, 0.6) is 0 Å². The lowest BCUT2D eigenvalue weighted by Crippen LogP contribution is -2.42. The second-order valence-electron chi connectivity index (χ2n) is 3.40. The van der Waals surface area contributed by atoms with E-state index in [4.69, 9.17) is 5.26 Å². The molecule has 1 aromatic rings. The molecule has 92 valence electrons. The second-order valence-corrected chi connectivity index (χ2v) is 3.40. The molecule has 0 aliphatic rings. The maximum atomic E-state index is 11.6. The van der Waals surface area contributed by atoms with Crippen LogP contribution in [0.4, 0.5) is 0 Å². The van der Waals surface area contributed by atoms with E-state index in [1.54, 1.807) is 36.4 Å². The van der Waals surface area contributed by atoms with Gasteiger partial charge in [0.1, 0.15) is 6.42 Å². The number of nitrogens with zero attached hydrogens (tertiary/aromatic N) is 1. The van der Waals surface area contributed by atoms with Crippen LogP contribution in [0.25, 0.3) is 0 Å². The number of hydrazine groups is 1. The number of amides is 2. The predicted molar refractivity (Wildman–Crippen MR) is 61.9 cm³/mol. The summed E-state index contributed by atoms with van der Waals surface area (Å²) >= 11 is 0. The van der Waals surface area contributed by atoms with E-state index in [0.717, 1.165) is 0 Å². The summed E-state index contributed by atoms with van der Waals surface area (Å²) in [6.45, 7) is 0. The summed E-state index contributed by atoms with van der Waals surface area (Å²) in [5, 5.41) is 8.22. The fourth-order valence-corrected chi connectivity index (χ4v) is 1.17. The highest BCUT2D eigenvalue weighted by molar-refractivity contribution is 6.07. The van der Waals surface area contributed by atoms with Crippen LogP contribution in [0.1, 0.15) is 23.2 Å². The highest BCUT2D eigenvalue weighted by atomic mass is 16.2. The number of carbonyl (C=O) groups excluding carboxylic acids is 3. The van der Waals surface area contributed by atoms with Gasteiger partial charge in [-0.25, -0.2) is 0 Å². The van der Waals surface area contributed by atoms with Crippen LogP contribution in [-0.2, 0) is 9.59 Å². The number of benzene rings is 1. The third-order valence-electron chi connectivity index (χ3n) is 2.00. The Morgan fingerprint density at radius 3 is 2.28 bits per heavy atom. The SMILES string of the molecule is N#CCC(=O)NNC(=O)CC(=O)c1ccccc1. The minimum Gasteiger partial charge on any atom is -0.294 e. The van der Waals surface area contributed by atoms with E-state index in [1.807, 2.05) is 5.43 Å². The summed E-state index contributed by atoms with van der Waals surface area (Å²) in [5.74, 6) is -1.60. The van der Waals surface area contributed by atoms with Gasteiger partial charge in [0.15, 0.2) is 5.78 Å². The van der Waals surface area contributed by atoms with Crippen molar-refractivity contribution < 1.29 is 14.4 Å². The molecular weight excluding hydrogens is 234 g/mol. The van der Waals surface area contributed by atoms with Crippen LogP contribution in [-0.4, -0.2) is 17.6 Å². The first-order valence-electron chi connectivity index (χ1n) is 5.16. The quantitative estimate of drug-likeness (QED) is 0.453. The Hall–Kier alpha value is -2.68. The molecule has 0 atom stereocenters. The van der Waals surface area contributed by atoms with Gasteiger partial charge in [-0.1, -0.05) is 30.3 Å². The highest BCUT2D eigenvalue weighted by Crippen LogP contribution is 2.02. The van der Waals surface area contributed by atoms with Crippen molar-refractivity contribution in [3.63, 3.8) is 0 Å². The number of rotatable bonds is 4. The molecule has 0 aliphatic carbocycles. The number of Topliss-reactive ketones (excluding diaryl/α,β-unsaturated/α-hetero) is 1. The Labute approximate surface area is 104 Å². The zero-order valence-electron chi connectivity index (χ0n) is 9.47. The van der Waals surface area contributed by atoms with Crippen molar-refractivity contribution in [2.45, 2.75) is 12.8 Å². The van der Waals surface area contributed by atoms with Gasteiger partial charge in [0.2, 0.25) is 5.91 Å². The van der Waals surface area contributed by atoms with E-state index >= 15 is 0 Å². The minimum atomic E-state index is -0.629. The Morgan fingerprint density at radius 2 is 1.67 bits per heavy atom. The lowest BCUT2D eigenvalue weighted by Gasteiger charge is -2.05. The van der Waals surface area contributed by atoms with E-state index in [0.29, 0.717) is 5.56 Å². The van der Waals surface area contributed by atoms with Gasteiger partial charge in [-0.2, -0.15) is 5.26 Å². The Kier molecular flexibility index (Phi) is 5.06. The van der Waals surface area contributed by atoms with Crippen molar-refractivity contribution in [3.05, 3.63) is 35.9 Å². The lowest BCUT2D eigenvalue weighted by atomic mass is 10.1. The Bertz CT molecular complexity index is 491. The zero-order chi connectivity index (χ0) is 13.4. The average molecular weight is 245 g/mol. The number of nitrogens with one attached hydrogen (secondary N) is 2. The van der Waals surface area contributed by atoms with Crippen LogP contribution >= 0.6 is 0 Å². The molecule has 0 bridgehead atoms. The maximum absolute atomic E-state index is 11.6. The second kappa shape index (κ2) is 6.81. The molecule has 0 aliphatic heterocycles. The smallest absolute Gasteiger partial charge is 0.252 e. The van der Waals surface area contributed by atoms with Crippen molar-refractivity contribution in [1.29, 1.82) is 5.26 Å². The van der Waals surface area contributed by atoms with Crippen molar-refractivity contribution in [2.75, 3.05) is 0 Å². The molecule has 6 heteroatoms. The summed E-state index contributed by atoms with van der Waals surface area (Å²) in [4.78, 5) is 33.8. The molecule has 0 saturated carbocycles. The van der Waals surface area contributed by atoms with Gasteiger partial charge in [-0.3, -0.25) is 25.2 Å². The van der Waals surface area contributed by atoms with Gasteiger partial charge in [0.05, 0.1) is 12.5 Å². The molecule has 2 amide bonds. The fourth-order valence-electron chi connectivity index (χ4n) is 1.17. The molecule has 6 nitrogen and oxygen atoms in total. The van der Waals surface area contributed by atoms with Gasteiger partial charge in [-0.15, -0.1) is 0 Å². The Morgan fingerprint density at radius 1 is 1.06 bits per heavy atom. The number of carbonyl (C=O) groups is 3. The fraction of sp³-hybridized carbons (Fsp3) is 0.167. The van der Waals surface area contributed by atoms with Crippen molar-refractivity contribution in [1.82, 2.24) is 10.9 Å². The van der Waals surface area contributed by atoms with Crippen molar-refractivity contribution >= 4 is 17.6 Å². The first-order valence-corrected chi connectivity index (χ1v) is 5.16. The number of ketones is 1. The molecule has 18 heavy (non-hydrogen) atoms. The maximum Gasteiger partial charge on any atom is 0.252 e. The molecule has 0 aromatic heterocycles. The largest absolute Gasteiger partial charge is 0.294 e. The number of hydrogen-bond donors (Lipinski definition) is 2. The zero-order valence-corrected chi connectivity index (χ0v) is 9.47. The standard InChI is InChI=1S/C12H11N3O3/c13-7-6-11(17)14-15-12(18)8-10(16)9-4-2-1-3-5-9/h1-5H,6,8H2,(H,14,17)(H,15,18). The third-order valence-corrected chi connectivity index (χ3v) is 2.00. The van der Waals surface area contributed by atoms with Gasteiger partial charge >= 0.3 is 0 Å². The van der Waals surface area contributed by atoms with Crippen molar-refractivity contribution in [3.8, 4) is 6.07 Å². The molecule has 0 heterocycles. The summed E-state index contributed by atoms with van der Waals surface area (Å²) in [6, 6.07) is 9.98. The Balaban J connectivity index is 2.40. The van der Waals surface area contributed by atoms with Crippen LogP contribution < -0.4 is 10.9 Å². The molecule has 0 radical (unpaired) electrons. The van der Waals surface area contributed by atoms with Crippen LogP contribution in [0.15, 0.2) is 30.3 Å². The summed E-state index contributed by atoms with van der Waals surface area (Å²) in [6.07, 6.45) is -0.718. The van der Waals surface area contributed by atoms with Crippen LogP contribution in [0.2, 0.25) is 0 Å².